The monoisotopic (exact) mass is 220 g/mol. The van der Waals surface area contributed by atoms with E-state index in [-0.39, 0.29) is 6.04 Å². The summed E-state index contributed by atoms with van der Waals surface area (Å²) in [6, 6.07) is 9.07. The Bertz CT molecular complexity index is 288. The van der Waals surface area contributed by atoms with E-state index in [1.54, 1.807) is 0 Å². The number of nitrogens with one attached hydrogen (secondary N) is 1. The van der Waals surface area contributed by atoms with Crippen molar-refractivity contribution in [3.05, 3.63) is 35.4 Å². The van der Waals surface area contributed by atoms with Crippen LogP contribution in [0.2, 0.25) is 0 Å². The highest BCUT2D eigenvalue weighted by Gasteiger charge is 1.98. The standard InChI is InChI=1S/C14H24N2/c1-11(2)8-13-4-6-14(7-5-13)10-16-9-12(3)15/h4-7,11-12,16H,8-10,15H2,1-3H3. The minimum atomic E-state index is 0.222. The average Bonchev–Trinajstić information content (AvgIpc) is 2.19. The molecule has 1 aromatic rings. The molecule has 0 spiro atoms. The number of rotatable bonds is 6. The third-order valence-electron chi connectivity index (χ3n) is 2.46. The van der Waals surface area contributed by atoms with E-state index in [9.17, 15) is 0 Å². The molecule has 0 aliphatic carbocycles. The number of hydrogen-bond donors (Lipinski definition) is 2. The van der Waals surface area contributed by atoms with Crippen molar-refractivity contribution in [1.29, 1.82) is 0 Å². The van der Waals surface area contributed by atoms with Gasteiger partial charge in [-0.1, -0.05) is 38.1 Å². The number of nitrogens with two attached hydrogens (primary N) is 1. The van der Waals surface area contributed by atoms with Gasteiger partial charge in [-0.3, -0.25) is 0 Å². The predicted octanol–water partition coefficient (Wildman–Crippen LogP) is 2.32. The van der Waals surface area contributed by atoms with Gasteiger partial charge in [0, 0.05) is 19.1 Å². The molecule has 0 saturated carbocycles. The summed E-state index contributed by atoms with van der Waals surface area (Å²) in [5.74, 6) is 0.724. The minimum absolute atomic E-state index is 0.222. The third kappa shape index (κ3) is 5.29. The van der Waals surface area contributed by atoms with E-state index in [0.29, 0.717) is 0 Å². The molecule has 1 aromatic carbocycles. The van der Waals surface area contributed by atoms with Crippen LogP contribution in [-0.2, 0) is 13.0 Å². The van der Waals surface area contributed by atoms with Crippen molar-refractivity contribution < 1.29 is 0 Å². The van der Waals surface area contributed by atoms with Crippen LogP contribution < -0.4 is 11.1 Å². The van der Waals surface area contributed by atoms with Crippen LogP contribution in [0, 0.1) is 5.92 Å². The molecule has 1 rings (SSSR count). The van der Waals surface area contributed by atoms with Gasteiger partial charge in [0.25, 0.3) is 0 Å². The zero-order valence-electron chi connectivity index (χ0n) is 10.7. The van der Waals surface area contributed by atoms with Crippen LogP contribution in [0.3, 0.4) is 0 Å². The lowest BCUT2D eigenvalue weighted by Crippen LogP contribution is -2.30. The van der Waals surface area contributed by atoms with Crippen LogP contribution in [0.1, 0.15) is 31.9 Å². The van der Waals surface area contributed by atoms with Gasteiger partial charge in [-0.2, -0.15) is 0 Å². The fourth-order valence-electron chi connectivity index (χ4n) is 1.71. The summed E-state index contributed by atoms with van der Waals surface area (Å²) < 4.78 is 0. The van der Waals surface area contributed by atoms with Crippen molar-refractivity contribution in [3.8, 4) is 0 Å². The van der Waals surface area contributed by atoms with E-state index in [2.05, 4.69) is 43.4 Å². The quantitative estimate of drug-likeness (QED) is 0.772. The first kappa shape index (κ1) is 13.2. The van der Waals surface area contributed by atoms with Crippen molar-refractivity contribution in [1.82, 2.24) is 5.32 Å². The van der Waals surface area contributed by atoms with Crippen molar-refractivity contribution >= 4 is 0 Å². The molecule has 1 atom stereocenters. The lowest BCUT2D eigenvalue weighted by atomic mass is 10.0. The molecular weight excluding hydrogens is 196 g/mol. The maximum Gasteiger partial charge on any atom is 0.0206 e. The first-order chi connectivity index (χ1) is 7.58. The molecule has 90 valence electrons. The first-order valence-electron chi connectivity index (χ1n) is 6.12. The highest BCUT2D eigenvalue weighted by Crippen LogP contribution is 2.09. The van der Waals surface area contributed by atoms with Crippen molar-refractivity contribution in [2.24, 2.45) is 11.7 Å². The molecule has 0 radical (unpaired) electrons. The molecule has 0 amide bonds. The van der Waals surface area contributed by atoms with Crippen molar-refractivity contribution in [2.45, 2.75) is 39.8 Å². The summed E-state index contributed by atoms with van der Waals surface area (Å²) in [5, 5.41) is 3.34. The summed E-state index contributed by atoms with van der Waals surface area (Å²) in [4.78, 5) is 0. The van der Waals surface area contributed by atoms with Gasteiger partial charge in [-0.15, -0.1) is 0 Å². The van der Waals surface area contributed by atoms with Gasteiger partial charge < -0.3 is 11.1 Å². The van der Waals surface area contributed by atoms with Gasteiger partial charge in [-0.25, -0.2) is 0 Å². The number of hydrogen-bond acceptors (Lipinski definition) is 2. The first-order valence-corrected chi connectivity index (χ1v) is 6.12. The van der Waals surface area contributed by atoms with Crippen LogP contribution in [0.5, 0.6) is 0 Å². The predicted molar refractivity (Wildman–Crippen MR) is 70.3 cm³/mol. The van der Waals surface area contributed by atoms with Crippen LogP contribution in [0.15, 0.2) is 24.3 Å². The second-order valence-electron chi connectivity index (χ2n) is 5.02. The summed E-state index contributed by atoms with van der Waals surface area (Å²) in [6.07, 6.45) is 1.16. The highest BCUT2D eigenvalue weighted by molar-refractivity contribution is 5.22. The molecule has 0 saturated heterocycles. The molecule has 3 N–H and O–H groups in total. The molecule has 0 aromatic heterocycles. The smallest absolute Gasteiger partial charge is 0.0206 e. The van der Waals surface area contributed by atoms with E-state index >= 15 is 0 Å². The van der Waals surface area contributed by atoms with Gasteiger partial charge in [0.1, 0.15) is 0 Å². The second kappa shape index (κ2) is 6.66. The van der Waals surface area contributed by atoms with Crippen molar-refractivity contribution in [3.63, 3.8) is 0 Å². The molecule has 0 heterocycles. The molecule has 2 heteroatoms. The topological polar surface area (TPSA) is 38.0 Å². The normalized spacial score (nSPS) is 13.1. The number of benzene rings is 1. The summed E-state index contributed by atoms with van der Waals surface area (Å²) in [6.45, 7) is 8.28. The fraction of sp³-hybridized carbons (Fsp3) is 0.571. The average molecular weight is 220 g/mol. The summed E-state index contributed by atoms with van der Waals surface area (Å²) in [5.41, 5.74) is 8.42. The largest absolute Gasteiger partial charge is 0.327 e. The van der Waals surface area contributed by atoms with E-state index < -0.39 is 0 Å². The Hall–Kier alpha value is -0.860. The van der Waals surface area contributed by atoms with Gasteiger partial charge >= 0.3 is 0 Å². The van der Waals surface area contributed by atoms with Crippen LogP contribution in [0.4, 0.5) is 0 Å². The van der Waals surface area contributed by atoms with E-state index in [1.807, 2.05) is 6.92 Å². The van der Waals surface area contributed by atoms with Crippen molar-refractivity contribution in [2.75, 3.05) is 6.54 Å². The molecular formula is C14H24N2. The minimum Gasteiger partial charge on any atom is -0.327 e. The highest BCUT2D eigenvalue weighted by atomic mass is 14.9. The summed E-state index contributed by atoms with van der Waals surface area (Å²) >= 11 is 0. The molecule has 0 fully saturated rings. The van der Waals surface area contributed by atoms with Gasteiger partial charge in [0.2, 0.25) is 0 Å². The Labute approximate surface area is 99.2 Å². The van der Waals surface area contributed by atoms with Gasteiger partial charge in [0.05, 0.1) is 0 Å². The molecule has 1 unspecified atom stereocenters. The molecule has 16 heavy (non-hydrogen) atoms. The third-order valence-corrected chi connectivity index (χ3v) is 2.46. The second-order valence-corrected chi connectivity index (χ2v) is 5.02. The Morgan fingerprint density at radius 2 is 1.62 bits per heavy atom. The Morgan fingerprint density at radius 3 is 2.12 bits per heavy atom. The van der Waals surface area contributed by atoms with Crippen LogP contribution >= 0.6 is 0 Å². The van der Waals surface area contributed by atoms with Crippen LogP contribution in [0.25, 0.3) is 0 Å². The van der Waals surface area contributed by atoms with E-state index in [4.69, 9.17) is 5.73 Å². The zero-order chi connectivity index (χ0) is 12.0. The lowest BCUT2D eigenvalue weighted by Gasteiger charge is -2.09. The molecule has 0 bridgehead atoms. The maximum absolute atomic E-state index is 5.67. The lowest BCUT2D eigenvalue weighted by molar-refractivity contribution is 0.608. The Balaban J connectivity index is 2.39. The molecule has 0 aliphatic heterocycles. The fourth-order valence-corrected chi connectivity index (χ4v) is 1.71. The van der Waals surface area contributed by atoms with E-state index in [0.717, 1.165) is 25.4 Å². The van der Waals surface area contributed by atoms with E-state index in [1.165, 1.54) is 11.1 Å². The maximum atomic E-state index is 5.67. The summed E-state index contributed by atoms with van der Waals surface area (Å²) in [7, 11) is 0. The Kier molecular flexibility index (Phi) is 5.50. The Morgan fingerprint density at radius 1 is 1.06 bits per heavy atom. The van der Waals surface area contributed by atoms with Crippen LogP contribution in [-0.4, -0.2) is 12.6 Å². The van der Waals surface area contributed by atoms with Gasteiger partial charge in [-0.05, 0) is 30.4 Å². The molecule has 2 nitrogen and oxygen atoms in total. The zero-order valence-corrected chi connectivity index (χ0v) is 10.7. The SMILES string of the molecule is CC(C)Cc1ccc(CNCC(C)N)cc1. The van der Waals surface area contributed by atoms with Gasteiger partial charge in [0.15, 0.2) is 0 Å². The molecule has 0 aliphatic rings.